The number of unbranched alkanes of at least 4 members (excludes halogenated alkanes) is 1. The number of likely N-dealkylation sites (tertiary alicyclic amines) is 1. The van der Waals surface area contributed by atoms with Gasteiger partial charge in [0, 0.05) is 25.4 Å². The minimum atomic E-state index is -0.590. The van der Waals surface area contributed by atoms with Gasteiger partial charge in [-0.15, -0.1) is 0 Å². The molecule has 2 unspecified atom stereocenters. The number of nitrogens with one attached hydrogen (secondary N) is 2. The van der Waals surface area contributed by atoms with Crippen molar-refractivity contribution in [3.63, 3.8) is 0 Å². The first-order chi connectivity index (χ1) is 14.5. The van der Waals surface area contributed by atoms with Crippen LogP contribution >= 0.6 is 0 Å². The molecule has 3 amide bonds. The zero-order chi connectivity index (χ0) is 21.5. The average molecular weight is 419 g/mol. The maximum absolute atomic E-state index is 13.1. The Bertz CT molecular complexity index is 784. The van der Waals surface area contributed by atoms with Crippen LogP contribution < -0.4 is 20.3 Å². The maximum atomic E-state index is 13.1. The molecule has 0 spiro atoms. The molecule has 2 aliphatic heterocycles. The van der Waals surface area contributed by atoms with Gasteiger partial charge in [-0.1, -0.05) is 25.8 Å². The van der Waals surface area contributed by atoms with E-state index in [-0.39, 0.29) is 25.0 Å². The van der Waals surface area contributed by atoms with Crippen molar-refractivity contribution in [2.75, 3.05) is 13.3 Å². The van der Waals surface area contributed by atoms with Gasteiger partial charge < -0.3 is 19.7 Å². The molecule has 9 nitrogen and oxygen atoms in total. The van der Waals surface area contributed by atoms with E-state index in [1.165, 1.54) is 0 Å². The summed E-state index contributed by atoms with van der Waals surface area (Å²) in [5.74, 6) is -0.206. The van der Waals surface area contributed by atoms with Crippen molar-refractivity contribution in [3.05, 3.63) is 23.8 Å². The normalized spacial score (nSPS) is 18.2. The largest absolute Gasteiger partial charge is 0.454 e. The first kappa shape index (κ1) is 21.9. The number of fused-ring (bicyclic) bond motifs is 1. The summed E-state index contributed by atoms with van der Waals surface area (Å²) in [6, 6.07) is 4.95. The van der Waals surface area contributed by atoms with Gasteiger partial charge in [0.15, 0.2) is 11.5 Å². The number of hydrogen-bond donors (Lipinski definition) is 3. The van der Waals surface area contributed by atoms with Crippen LogP contribution in [0.2, 0.25) is 0 Å². The van der Waals surface area contributed by atoms with Crippen LogP contribution in [-0.4, -0.2) is 47.2 Å². The van der Waals surface area contributed by atoms with Crippen molar-refractivity contribution < 1.29 is 29.1 Å². The van der Waals surface area contributed by atoms with Crippen LogP contribution in [0.5, 0.6) is 11.5 Å². The summed E-state index contributed by atoms with van der Waals surface area (Å²) in [4.78, 5) is 39.1. The molecule has 0 aliphatic carbocycles. The summed E-state index contributed by atoms with van der Waals surface area (Å²) in [5, 5.41) is 11.7. The van der Waals surface area contributed by atoms with Crippen LogP contribution in [0.25, 0.3) is 0 Å². The van der Waals surface area contributed by atoms with Crippen LogP contribution in [0.15, 0.2) is 18.2 Å². The summed E-state index contributed by atoms with van der Waals surface area (Å²) in [5.41, 5.74) is 2.48. The lowest BCUT2D eigenvalue weighted by atomic mass is 9.96. The second kappa shape index (κ2) is 10.3. The monoisotopic (exact) mass is 419 g/mol. The fraction of sp³-hybridized carbons (Fsp3) is 0.571. The summed E-state index contributed by atoms with van der Waals surface area (Å²) in [6.45, 7) is 3.01. The molecule has 2 aliphatic rings. The molecule has 1 fully saturated rings. The van der Waals surface area contributed by atoms with Gasteiger partial charge in [0.2, 0.25) is 24.5 Å². The van der Waals surface area contributed by atoms with Gasteiger partial charge in [-0.05, 0) is 37.0 Å². The molecule has 3 rings (SSSR count). The minimum absolute atomic E-state index is 0.0859. The molecule has 30 heavy (non-hydrogen) atoms. The van der Waals surface area contributed by atoms with Crippen molar-refractivity contribution in [1.29, 1.82) is 0 Å². The predicted octanol–water partition coefficient (Wildman–Crippen LogP) is 1.72. The van der Waals surface area contributed by atoms with Crippen molar-refractivity contribution in [2.24, 2.45) is 5.92 Å². The van der Waals surface area contributed by atoms with Crippen LogP contribution in [0.4, 0.5) is 0 Å². The number of rotatable bonds is 9. The molecular weight excluding hydrogens is 390 g/mol. The Balaban J connectivity index is 1.60. The number of nitrogens with zero attached hydrogens (tertiary/aromatic N) is 1. The molecule has 0 aromatic heterocycles. The molecule has 1 saturated heterocycles. The maximum Gasteiger partial charge on any atom is 0.244 e. The van der Waals surface area contributed by atoms with E-state index >= 15 is 0 Å². The highest BCUT2D eigenvalue weighted by atomic mass is 16.7. The summed E-state index contributed by atoms with van der Waals surface area (Å²) in [7, 11) is 0. The molecule has 3 N–H and O–H groups in total. The summed E-state index contributed by atoms with van der Waals surface area (Å²) in [6.07, 6.45) is 3.47. The summed E-state index contributed by atoms with van der Waals surface area (Å²) >= 11 is 0. The van der Waals surface area contributed by atoms with E-state index in [1.54, 1.807) is 16.4 Å². The molecule has 2 heterocycles. The first-order valence-electron chi connectivity index (χ1n) is 10.4. The van der Waals surface area contributed by atoms with Gasteiger partial charge in [-0.25, -0.2) is 5.48 Å². The highest BCUT2D eigenvalue weighted by Gasteiger charge is 2.37. The van der Waals surface area contributed by atoms with E-state index in [2.05, 4.69) is 5.32 Å². The van der Waals surface area contributed by atoms with Gasteiger partial charge in [-0.2, -0.15) is 0 Å². The third kappa shape index (κ3) is 5.21. The Morgan fingerprint density at radius 1 is 1.27 bits per heavy atom. The first-order valence-corrected chi connectivity index (χ1v) is 10.4. The highest BCUT2D eigenvalue weighted by molar-refractivity contribution is 5.91. The third-order valence-corrected chi connectivity index (χ3v) is 5.55. The number of ether oxygens (including phenoxy) is 2. The number of benzene rings is 1. The van der Waals surface area contributed by atoms with E-state index in [0.29, 0.717) is 37.4 Å². The third-order valence-electron chi connectivity index (χ3n) is 5.55. The van der Waals surface area contributed by atoms with Crippen molar-refractivity contribution in [3.8, 4) is 11.5 Å². The molecular formula is C21H29N3O6. The van der Waals surface area contributed by atoms with Gasteiger partial charge in [0.1, 0.15) is 6.04 Å². The van der Waals surface area contributed by atoms with Crippen LogP contribution in [-0.2, 0) is 20.9 Å². The van der Waals surface area contributed by atoms with Crippen LogP contribution in [0.3, 0.4) is 0 Å². The van der Waals surface area contributed by atoms with Crippen LogP contribution in [0, 0.1) is 5.92 Å². The number of amides is 3. The fourth-order valence-electron chi connectivity index (χ4n) is 3.93. The van der Waals surface area contributed by atoms with E-state index in [9.17, 15) is 14.4 Å². The Morgan fingerprint density at radius 3 is 2.83 bits per heavy atom. The quantitative estimate of drug-likeness (QED) is 0.415. The molecule has 9 heteroatoms. The zero-order valence-electron chi connectivity index (χ0n) is 17.2. The van der Waals surface area contributed by atoms with Gasteiger partial charge in [-0.3, -0.25) is 19.6 Å². The fourth-order valence-corrected chi connectivity index (χ4v) is 3.93. The Kier molecular flexibility index (Phi) is 7.51. The minimum Gasteiger partial charge on any atom is -0.454 e. The van der Waals surface area contributed by atoms with Crippen molar-refractivity contribution in [1.82, 2.24) is 15.7 Å². The van der Waals surface area contributed by atoms with Crippen LogP contribution in [0.1, 0.15) is 51.0 Å². The van der Waals surface area contributed by atoms with E-state index < -0.39 is 17.9 Å². The molecule has 164 valence electrons. The van der Waals surface area contributed by atoms with Crippen molar-refractivity contribution >= 4 is 17.7 Å². The standard InChI is InChI=1S/C21H29N3O6/c1-2-3-5-15(11-19(25)23-28)21(27)24-9-4-6-16(24)20(26)22-12-14-7-8-17-18(10-14)30-13-29-17/h7-8,10,15-16,28H,2-6,9,11-13H2,1H3,(H,22,26)(H,23,25). The SMILES string of the molecule is CCCCC(CC(=O)NO)C(=O)N1CCCC1C(=O)NCc1ccc2c(c1)OCO2. The Morgan fingerprint density at radius 2 is 2.07 bits per heavy atom. The lowest BCUT2D eigenvalue weighted by Crippen LogP contribution is -2.48. The van der Waals surface area contributed by atoms with E-state index in [1.807, 2.05) is 19.1 Å². The summed E-state index contributed by atoms with van der Waals surface area (Å²) < 4.78 is 10.6. The van der Waals surface area contributed by atoms with Crippen molar-refractivity contribution in [2.45, 2.75) is 58.0 Å². The molecule has 0 radical (unpaired) electrons. The van der Waals surface area contributed by atoms with E-state index in [4.69, 9.17) is 14.7 Å². The van der Waals surface area contributed by atoms with E-state index in [0.717, 1.165) is 24.8 Å². The molecule has 2 atom stereocenters. The lowest BCUT2D eigenvalue weighted by Gasteiger charge is -2.28. The van der Waals surface area contributed by atoms with Gasteiger partial charge >= 0.3 is 0 Å². The predicted molar refractivity (Wildman–Crippen MR) is 107 cm³/mol. The second-order valence-corrected chi connectivity index (χ2v) is 7.67. The topological polar surface area (TPSA) is 117 Å². The smallest absolute Gasteiger partial charge is 0.244 e. The number of hydroxylamine groups is 1. The average Bonchev–Trinajstić information content (AvgIpc) is 3.43. The second-order valence-electron chi connectivity index (χ2n) is 7.67. The molecule has 0 bridgehead atoms. The molecule has 1 aromatic rings. The lowest BCUT2D eigenvalue weighted by molar-refractivity contribution is -0.144. The Hall–Kier alpha value is -2.81. The highest BCUT2D eigenvalue weighted by Crippen LogP contribution is 2.32. The van der Waals surface area contributed by atoms with Gasteiger partial charge in [0.25, 0.3) is 0 Å². The number of carbonyl (C=O) groups is 3. The number of hydrogen-bond acceptors (Lipinski definition) is 6. The Labute approximate surface area is 175 Å². The van der Waals surface area contributed by atoms with Gasteiger partial charge in [0.05, 0.1) is 0 Å². The zero-order valence-corrected chi connectivity index (χ0v) is 17.2. The molecule has 0 saturated carbocycles. The molecule has 1 aromatic carbocycles. The number of carbonyl (C=O) groups excluding carboxylic acids is 3.